The smallest absolute Gasteiger partial charge is 0.748 e. The third kappa shape index (κ3) is 77.2. The Labute approximate surface area is 650 Å². The second-order valence-corrected chi connectivity index (χ2v) is 24.6. The van der Waals surface area contributed by atoms with E-state index in [1.807, 2.05) is 12.8 Å². The van der Waals surface area contributed by atoms with E-state index in [9.17, 15) is 54.7 Å². The van der Waals surface area contributed by atoms with E-state index in [1.165, 1.54) is 50.7 Å². The quantitative estimate of drug-likeness (QED) is 0.0251. The first kappa shape index (κ1) is 112. The van der Waals surface area contributed by atoms with Crippen LogP contribution in [0.2, 0.25) is 0 Å². The van der Waals surface area contributed by atoms with Gasteiger partial charge in [0.25, 0.3) is 10.1 Å². The average molecular weight is 1530 g/mol. The maximum atomic E-state index is 12.2. The largest absolute Gasteiger partial charge is 1.00 e. The fraction of sp³-hybridized carbons (Fsp3) is 0.517. The van der Waals surface area contributed by atoms with E-state index in [0.717, 1.165) is 43.2 Å². The summed E-state index contributed by atoms with van der Waals surface area (Å²) in [6.07, 6.45) is 38.7. The van der Waals surface area contributed by atoms with Gasteiger partial charge in [-0.2, -0.15) is 13.7 Å². The van der Waals surface area contributed by atoms with E-state index in [0.29, 0.717) is 51.4 Å². The Hall–Kier alpha value is -4.59. The average Bonchev–Trinajstić information content (AvgIpc) is 0.849. The number of amides is 4. The molecule has 4 amide bonds. The number of hydrogen-bond donors (Lipinski definition) is 5. The molecule has 8 unspecified atom stereocenters. The summed E-state index contributed by atoms with van der Waals surface area (Å²) in [7, 11) is -21.6. The van der Waals surface area contributed by atoms with Gasteiger partial charge >= 0.3 is 131 Å². The zero-order chi connectivity index (χ0) is 73.1. The van der Waals surface area contributed by atoms with E-state index < -0.39 is 97.0 Å². The van der Waals surface area contributed by atoms with Crippen LogP contribution < -0.4 is 110 Å². The predicted octanol–water partition coefficient (Wildman–Crippen LogP) is -3.42. The summed E-state index contributed by atoms with van der Waals surface area (Å²) in [5, 5.41) is 16.2. The summed E-state index contributed by atoms with van der Waals surface area (Å²) in [5.41, 5.74) is 0. The van der Waals surface area contributed by atoms with E-state index in [4.69, 9.17) is 55.8 Å². The van der Waals surface area contributed by atoms with Crippen molar-refractivity contribution in [1.29, 1.82) is 5.26 Å². The van der Waals surface area contributed by atoms with Crippen LogP contribution in [-0.4, -0.2) is 146 Å². The Morgan fingerprint density at radius 1 is 0.459 bits per heavy atom. The summed E-state index contributed by atoms with van der Waals surface area (Å²) < 4.78 is 172. The normalized spacial score (nSPS) is 20.5. The molecule has 29 nitrogen and oxygen atoms in total. The molecule has 0 aromatic carbocycles. The SMILES string of the molecule is C.C1=CCC/C=C/CC/C=C/CC1.C=CC#N.C=CC(=O)CC1CCC(NC(=O)C=C)CCCCC(NC(=O)C=C)CCC1S(=O)(=O)O.C=CC(=O)CC1CCC(NC(=O)C=C)[CH-]CC[CH-]C(NC(=O)C=C)CCC1S(=O)(=O)[O-].O=S(=O)=O.O=S(=O)=O.O=S(=O)=O.O=S(=O)=O.[Na+].[Na+].[Na+]. The summed E-state index contributed by atoms with van der Waals surface area (Å²) >= 11 is 0. The Bertz CT molecular complexity index is 2970. The molecule has 538 valence electrons. The van der Waals surface area contributed by atoms with Crippen molar-refractivity contribution in [3.63, 3.8) is 0 Å². The van der Waals surface area contributed by atoms with Gasteiger partial charge in [-0.25, -0.2) is 21.3 Å². The number of allylic oxidation sites excluding steroid dienone is 9. The number of carbonyl (C=O) groups is 6. The van der Waals surface area contributed by atoms with Crippen LogP contribution in [0.4, 0.5) is 0 Å². The van der Waals surface area contributed by atoms with Crippen LogP contribution in [0, 0.1) is 36.0 Å². The van der Waals surface area contributed by atoms with Gasteiger partial charge in [-0.15, -0.1) is 50.5 Å². The summed E-state index contributed by atoms with van der Waals surface area (Å²) in [5.74, 6) is -3.50. The molecule has 3 rings (SSSR count). The fourth-order valence-electron chi connectivity index (χ4n) is 9.02. The van der Waals surface area contributed by atoms with Gasteiger partial charge in [-0.1, -0.05) is 128 Å². The summed E-state index contributed by atoms with van der Waals surface area (Å²) in [6, 6.07) is 0.358. The molecule has 0 aliphatic heterocycles. The van der Waals surface area contributed by atoms with E-state index in [1.54, 1.807) is 6.07 Å². The van der Waals surface area contributed by atoms with E-state index >= 15 is 0 Å². The first-order chi connectivity index (χ1) is 44.0. The van der Waals surface area contributed by atoms with Gasteiger partial charge in [-0.3, -0.25) is 33.3 Å². The number of carbonyl (C=O) groups excluding carboxylic acids is 6. The number of nitrogens with one attached hydrogen (secondary N) is 4. The molecule has 0 aromatic heterocycles. The molecule has 0 saturated heterocycles. The van der Waals surface area contributed by atoms with Crippen LogP contribution in [-0.2, 0) is 91.4 Å². The van der Waals surface area contributed by atoms with Crippen molar-refractivity contribution in [2.45, 2.75) is 183 Å². The van der Waals surface area contributed by atoms with Crippen LogP contribution in [0.3, 0.4) is 0 Å². The number of rotatable bonds is 16. The molecule has 8 atom stereocenters. The molecule has 38 heteroatoms. The van der Waals surface area contributed by atoms with Crippen LogP contribution in [0.15, 0.2) is 125 Å². The van der Waals surface area contributed by atoms with Gasteiger partial charge in [0.2, 0.25) is 23.6 Å². The van der Waals surface area contributed by atoms with Crippen LogP contribution in [0.1, 0.15) is 149 Å². The fourth-order valence-corrected chi connectivity index (χ4v) is 11.3. The maximum Gasteiger partial charge on any atom is 1.00 e. The minimum absolute atomic E-state index is 0. The zero-order valence-corrected chi connectivity index (χ0v) is 65.9. The van der Waals surface area contributed by atoms with Crippen molar-refractivity contribution in [3.8, 4) is 6.07 Å². The van der Waals surface area contributed by atoms with Crippen molar-refractivity contribution in [1.82, 2.24) is 21.3 Å². The Morgan fingerprint density at radius 2 is 0.714 bits per heavy atom. The van der Waals surface area contributed by atoms with Crippen molar-refractivity contribution >= 4 is 97.9 Å². The molecule has 2 saturated carbocycles. The van der Waals surface area contributed by atoms with Crippen LogP contribution in [0.5, 0.6) is 0 Å². The first-order valence-corrected chi connectivity index (χ1v) is 35.6. The van der Waals surface area contributed by atoms with Crippen molar-refractivity contribution in [2.24, 2.45) is 11.8 Å². The monoisotopic (exact) mass is 1530 g/mol. The van der Waals surface area contributed by atoms with E-state index in [2.05, 4.69) is 104 Å². The second-order valence-electron chi connectivity index (χ2n) is 19.8. The van der Waals surface area contributed by atoms with Crippen LogP contribution in [0.25, 0.3) is 0 Å². The standard InChI is InChI=1S/C22H34N2O6S.C22H32N2O6S.C12H18.C3H3N.CH4.3Na.4O3S/c2*1-4-19(25)15-16-11-12-17(23-21(26)5-2)9-7-8-10-18(24-22(27)6-3)13-14-20(16)31(28,29)30;1-2-4-6-8-10-12-11-9-7-5-3-1;1-2-3-4;;;;;4*1-4(2)3/h4-6,16-18,20H,1-3,7-15H2,(H,23,26)(H,24,27)(H,28,29,30);4-6,9-10,16-18,20H,1-3,7-8,11-15H2,(H,23,26)(H,24,27)(H,28,29,30);1-2,7-10H,3-6,11-12H2;2H,1H2;1H4;;;;;;;/q;-2;;;;3*+1;;;;/p-1/b;;2-1+,9-7+,10-8?;;;;;;;;;. The van der Waals surface area contributed by atoms with Crippen molar-refractivity contribution in [2.75, 3.05) is 0 Å². The molecule has 0 spiro atoms. The Balaban J connectivity index is -0.000000156. The Kier molecular flexibility index (Phi) is 82.5. The molecule has 3 aliphatic carbocycles. The minimum atomic E-state index is -4.72. The van der Waals surface area contributed by atoms with Crippen molar-refractivity contribution < 1.29 is 194 Å². The summed E-state index contributed by atoms with van der Waals surface area (Å²) in [4.78, 5) is 71.1. The van der Waals surface area contributed by atoms with Gasteiger partial charge < -0.3 is 38.7 Å². The van der Waals surface area contributed by atoms with Gasteiger partial charge in [-0.05, 0) is 138 Å². The minimum Gasteiger partial charge on any atom is -0.748 e. The third-order valence-corrected chi connectivity index (χ3v) is 15.8. The number of nitriles is 1. The molecule has 0 heterocycles. The molecular formula is C60H90N5Na3O24S6. The molecule has 0 bridgehead atoms. The van der Waals surface area contributed by atoms with Gasteiger partial charge in [0.15, 0.2) is 11.6 Å². The molecule has 98 heavy (non-hydrogen) atoms. The third-order valence-electron chi connectivity index (χ3n) is 13.1. The van der Waals surface area contributed by atoms with Crippen LogP contribution >= 0.6 is 0 Å². The zero-order valence-electron chi connectivity index (χ0n) is 55.0. The van der Waals surface area contributed by atoms with Gasteiger partial charge in [0.1, 0.15) is 0 Å². The molecule has 5 N–H and O–H groups in total. The second kappa shape index (κ2) is 72.2. The predicted molar refractivity (Wildman–Crippen MR) is 354 cm³/mol. The number of ketones is 2. The summed E-state index contributed by atoms with van der Waals surface area (Å²) in [6.45, 7) is 23.7. The van der Waals surface area contributed by atoms with Gasteiger partial charge in [0, 0.05) is 31.0 Å². The number of nitrogens with zero attached hydrogens (tertiary/aromatic N) is 1. The maximum absolute atomic E-state index is 12.2. The molecular weight excluding hydrogens is 1440 g/mol. The van der Waals surface area contributed by atoms with Crippen molar-refractivity contribution in [3.05, 3.63) is 138 Å². The molecule has 0 radical (unpaired) electrons. The molecule has 0 aromatic rings. The molecule has 2 fully saturated rings. The number of hydrogen-bond acceptors (Lipinski definition) is 24. The molecule has 3 aliphatic rings. The van der Waals surface area contributed by atoms with E-state index in [-0.39, 0.29) is 182 Å². The topological polar surface area (TPSA) is 491 Å². The van der Waals surface area contributed by atoms with Gasteiger partial charge in [0.05, 0.1) is 26.7 Å². The Morgan fingerprint density at radius 3 is 0.980 bits per heavy atom. The first-order valence-electron chi connectivity index (χ1n) is 28.7.